The number of nitrogens with zero attached hydrogens (tertiary/aromatic N) is 3. The molecule has 1 aliphatic rings. The second-order valence-corrected chi connectivity index (χ2v) is 5.48. The monoisotopic (exact) mass is 251 g/mol. The van der Waals surface area contributed by atoms with Crippen LogP contribution in [-0.4, -0.2) is 38.8 Å². The van der Waals surface area contributed by atoms with E-state index in [-0.39, 0.29) is 0 Å². The summed E-state index contributed by atoms with van der Waals surface area (Å²) < 4.78 is 2.25. The van der Waals surface area contributed by atoms with E-state index in [9.17, 15) is 0 Å². The van der Waals surface area contributed by atoms with Crippen molar-refractivity contribution in [1.29, 1.82) is 0 Å². The number of imidazole rings is 1. The standard InChI is InChI=1S/C14H25N3O/c1-12(2)17-9-7-15-14(17)11-16-8-3-5-13(16)6-4-10-18/h7,9,12-13,18H,3-6,8,10-11H2,1-2H3. The molecule has 0 bridgehead atoms. The van der Waals surface area contributed by atoms with Crippen LogP contribution >= 0.6 is 0 Å². The van der Waals surface area contributed by atoms with Crippen LogP contribution in [0.5, 0.6) is 0 Å². The molecule has 1 aromatic rings. The highest BCUT2D eigenvalue weighted by molar-refractivity contribution is 4.96. The molecule has 2 rings (SSSR count). The van der Waals surface area contributed by atoms with Gasteiger partial charge in [0.05, 0.1) is 6.54 Å². The van der Waals surface area contributed by atoms with E-state index in [1.165, 1.54) is 25.2 Å². The summed E-state index contributed by atoms with van der Waals surface area (Å²) in [5.41, 5.74) is 0. The summed E-state index contributed by atoms with van der Waals surface area (Å²) in [6.45, 7) is 6.81. The summed E-state index contributed by atoms with van der Waals surface area (Å²) in [7, 11) is 0. The molecule has 2 heterocycles. The van der Waals surface area contributed by atoms with Crippen LogP contribution in [0.15, 0.2) is 12.4 Å². The Hall–Kier alpha value is -0.870. The molecule has 4 heteroatoms. The van der Waals surface area contributed by atoms with Gasteiger partial charge < -0.3 is 9.67 Å². The van der Waals surface area contributed by atoms with E-state index >= 15 is 0 Å². The van der Waals surface area contributed by atoms with Crippen molar-refractivity contribution < 1.29 is 5.11 Å². The van der Waals surface area contributed by atoms with E-state index < -0.39 is 0 Å². The largest absolute Gasteiger partial charge is 0.396 e. The Kier molecular flexibility index (Phi) is 4.78. The SMILES string of the molecule is CC(C)n1ccnc1CN1CCCC1CCCO. The molecule has 0 radical (unpaired) electrons. The van der Waals surface area contributed by atoms with Gasteiger partial charge in [-0.2, -0.15) is 0 Å². The van der Waals surface area contributed by atoms with Crippen molar-refractivity contribution in [3.8, 4) is 0 Å². The second-order valence-electron chi connectivity index (χ2n) is 5.48. The number of likely N-dealkylation sites (tertiary alicyclic amines) is 1. The normalized spacial score (nSPS) is 21.0. The molecule has 4 nitrogen and oxygen atoms in total. The number of aliphatic hydroxyl groups is 1. The Bertz CT molecular complexity index is 362. The number of aromatic nitrogens is 2. The zero-order valence-corrected chi connectivity index (χ0v) is 11.5. The van der Waals surface area contributed by atoms with Crippen LogP contribution in [0.1, 0.15) is 51.4 Å². The van der Waals surface area contributed by atoms with Gasteiger partial charge in [-0.3, -0.25) is 4.90 Å². The van der Waals surface area contributed by atoms with Crippen molar-refractivity contribution in [2.24, 2.45) is 0 Å². The third kappa shape index (κ3) is 3.12. The van der Waals surface area contributed by atoms with Gasteiger partial charge in [0.25, 0.3) is 0 Å². The molecule has 1 aliphatic heterocycles. The van der Waals surface area contributed by atoms with Gasteiger partial charge in [-0.15, -0.1) is 0 Å². The summed E-state index contributed by atoms with van der Waals surface area (Å²) in [6, 6.07) is 1.11. The molecule has 1 unspecified atom stereocenters. The molecule has 1 fully saturated rings. The molecule has 1 saturated heterocycles. The number of hydrogen-bond donors (Lipinski definition) is 1. The summed E-state index contributed by atoms with van der Waals surface area (Å²) >= 11 is 0. The van der Waals surface area contributed by atoms with Crippen molar-refractivity contribution >= 4 is 0 Å². The average molecular weight is 251 g/mol. The van der Waals surface area contributed by atoms with Crippen LogP contribution in [0.4, 0.5) is 0 Å². The van der Waals surface area contributed by atoms with Crippen LogP contribution in [0.2, 0.25) is 0 Å². The third-order valence-electron chi connectivity index (χ3n) is 3.84. The lowest BCUT2D eigenvalue weighted by Gasteiger charge is -2.24. The highest BCUT2D eigenvalue weighted by Gasteiger charge is 2.25. The highest BCUT2D eigenvalue weighted by atomic mass is 16.2. The zero-order valence-electron chi connectivity index (χ0n) is 11.5. The zero-order chi connectivity index (χ0) is 13.0. The van der Waals surface area contributed by atoms with E-state index in [0.29, 0.717) is 18.7 Å². The van der Waals surface area contributed by atoms with Gasteiger partial charge in [0, 0.05) is 31.1 Å². The molecule has 0 spiro atoms. The molecule has 0 aliphatic carbocycles. The van der Waals surface area contributed by atoms with E-state index in [0.717, 1.165) is 19.4 Å². The van der Waals surface area contributed by atoms with Crippen LogP contribution in [0.25, 0.3) is 0 Å². The van der Waals surface area contributed by atoms with Gasteiger partial charge in [0.15, 0.2) is 0 Å². The Morgan fingerprint density at radius 1 is 1.50 bits per heavy atom. The summed E-state index contributed by atoms with van der Waals surface area (Å²) in [6.07, 6.45) is 8.53. The highest BCUT2D eigenvalue weighted by Crippen LogP contribution is 2.23. The quantitative estimate of drug-likeness (QED) is 0.842. The van der Waals surface area contributed by atoms with Crippen molar-refractivity contribution in [1.82, 2.24) is 14.5 Å². The third-order valence-corrected chi connectivity index (χ3v) is 3.84. The summed E-state index contributed by atoms with van der Waals surface area (Å²) in [4.78, 5) is 7.01. The molecule has 0 saturated carbocycles. The Labute approximate surface area is 110 Å². The van der Waals surface area contributed by atoms with Crippen LogP contribution in [0.3, 0.4) is 0 Å². The fourth-order valence-corrected chi connectivity index (χ4v) is 2.88. The molecule has 0 amide bonds. The maximum absolute atomic E-state index is 8.95. The maximum atomic E-state index is 8.95. The number of aliphatic hydroxyl groups excluding tert-OH is 1. The first-order valence-electron chi connectivity index (χ1n) is 7.09. The lowest BCUT2D eigenvalue weighted by molar-refractivity contribution is 0.203. The minimum Gasteiger partial charge on any atom is -0.396 e. The van der Waals surface area contributed by atoms with E-state index in [2.05, 4.69) is 34.5 Å². The van der Waals surface area contributed by atoms with Crippen molar-refractivity contribution in [2.75, 3.05) is 13.2 Å². The summed E-state index contributed by atoms with van der Waals surface area (Å²) in [5, 5.41) is 8.95. The van der Waals surface area contributed by atoms with E-state index in [1.807, 2.05) is 6.20 Å². The van der Waals surface area contributed by atoms with Gasteiger partial charge in [-0.25, -0.2) is 4.98 Å². The smallest absolute Gasteiger partial charge is 0.123 e. The van der Waals surface area contributed by atoms with Crippen LogP contribution < -0.4 is 0 Å². The first kappa shape index (κ1) is 13.6. The Morgan fingerprint density at radius 2 is 2.33 bits per heavy atom. The van der Waals surface area contributed by atoms with Crippen LogP contribution in [0, 0.1) is 0 Å². The molecule has 1 atom stereocenters. The molecular formula is C14H25N3O. The summed E-state index contributed by atoms with van der Waals surface area (Å²) in [5.74, 6) is 1.17. The molecule has 18 heavy (non-hydrogen) atoms. The molecule has 0 aromatic carbocycles. The van der Waals surface area contributed by atoms with Crippen molar-refractivity contribution in [3.63, 3.8) is 0 Å². The number of rotatable bonds is 6. The van der Waals surface area contributed by atoms with E-state index in [1.54, 1.807) is 0 Å². The van der Waals surface area contributed by atoms with Gasteiger partial charge in [0.2, 0.25) is 0 Å². The fraction of sp³-hybridized carbons (Fsp3) is 0.786. The lowest BCUT2D eigenvalue weighted by Crippen LogP contribution is -2.30. The fourth-order valence-electron chi connectivity index (χ4n) is 2.88. The molecule has 102 valence electrons. The number of hydrogen-bond acceptors (Lipinski definition) is 3. The van der Waals surface area contributed by atoms with Crippen molar-refractivity contribution in [3.05, 3.63) is 18.2 Å². The van der Waals surface area contributed by atoms with Gasteiger partial charge in [0.1, 0.15) is 5.82 Å². The lowest BCUT2D eigenvalue weighted by atomic mass is 10.1. The second kappa shape index (κ2) is 6.34. The first-order valence-corrected chi connectivity index (χ1v) is 7.09. The molecule has 1 N–H and O–H groups in total. The maximum Gasteiger partial charge on any atom is 0.123 e. The molecular weight excluding hydrogens is 226 g/mol. The molecule has 1 aromatic heterocycles. The van der Waals surface area contributed by atoms with Crippen molar-refractivity contribution in [2.45, 2.75) is 58.2 Å². The Morgan fingerprint density at radius 3 is 3.06 bits per heavy atom. The van der Waals surface area contributed by atoms with Crippen LogP contribution in [-0.2, 0) is 6.54 Å². The predicted octanol–water partition coefficient (Wildman–Crippen LogP) is 2.20. The predicted molar refractivity (Wildman–Crippen MR) is 72.4 cm³/mol. The van der Waals surface area contributed by atoms with E-state index in [4.69, 9.17) is 5.11 Å². The first-order chi connectivity index (χ1) is 8.72. The topological polar surface area (TPSA) is 41.3 Å². The minimum absolute atomic E-state index is 0.310. The Balaban J connectivity index is 1.97. The van der Waals surface area contributed by atoms with Gasteiger partial charge in [-0.1, -0.05) is 0 Å². The minimum atomic E-state index is 0.310. The van der Waals surface area contributed by atoms with Gasteiger partial charge >= 0.3 is 0 Å². The average Bonchev–Trinajstić information content (AvgIpc) is 2.96. The van der Waals surface area contributed by atoms with Gasteiger partial charge in [-0.05, 0) is 46.1 Å².